The van der Waals surface area contributed by atoms with Gasteiger partial charge < -0.3 is 4.74 Å². The van der Waals surface area contributed by atoms with Crippen LogP contribution in [0.15, 0.2) is 0 Å². The highest BCUT2D eigenvalue weighted by Gasteiger charge is 2.15. The van der Waals surface area contributed by atoms with Crippen LogP contribution in [0.2, 0.25) is 0 Å². The maximum atomic E-state index is 11.6. The van der Waals surface area contributed by atoms with Gasteiger partial charge in [0.1, 0.15) is 0 Å². The van der Waals surface area contributed by atoms with Crippen molar-refractivity contribution < 1.29 is 9.53 Å². The first-order valence-corrected chi connectivity index (χ1v) is 6.82. The van der Waals surface area contributed by atoms with E-state index in [9.17, 15) is 4.79 Å². The van der Waals surface area contributed by atoms with Crippen molar-refractivity contribution in [2.45, 2.75) is 66.2 Å². The third-order valence-electron chi connectivity index (χ3n) is 3.13. The second kappa shape index (κ2) is 9.68. The maximum Gasteiger partial charge on any atom is 0.308 e. The molecule has 0 aromatic carbocycles. The zero-order valence-electron chi connectivity index (χ0n) is 11.4. The van der Waals surface area contributed by atoms with Crippen molar-refractivity contribution in [2.24, 2.45) is 11.8 Å². The fourth-order valence-corrected chi connectivity index (χ4v) is 1.79. The molecule has 0 fully saturated rings. The van der Waals surface area contributed by atoms with Gasteiger partial charge in [-0.1, -0.05) is 53.4 Å². The van der Waals surface area contributed by atoms with E-state index >= 15 is 0 Å². The molecule has 0 radical (unpaired) electrons. The van der Waals surface area contributed by atoms with Gasteiger partial charge in [0.2, 0.25) is 0 Å². The first-order valence-electron chi connectivity index (χ1n) is 6.82. The summed E-state index contributed by atoms with van der Waals surface area (Å²) in [5.41, 5.74) is 0. The van der Waals surface area contributed by atoms with E-state index in [2.05, 4.69) is 20.8 Å². The maximum absolute atomic E-state index is 11.6. The average molecular weight is 228 g/mol. The number of rotatable bonds is 9. The van der Waals surface area contributed by atoms with Gasteiger partial charge in [-0.05, 0) is 18.8 Å². The fraction of sp³-hybridized carbons (Fsp3) is 0.929. The Morgan fingerprint density at radius 2 is 1.81 bits per heavy atom. The summed E-state index contributed by atoms with van der Waals surface area (Å²) in [6.45, 7) is 9.04. The lowest BCUT2D eigenvalue weighted by molar-refractivity contribution is -0.149. The van der Waals surface area contributed by atoms with Gasteiger partial charge in [0, 0.05) is 0 Å². The van der Waals surface area contributed by atoms with Crippen LogP contribution >= 0.6 is 0 Å². The molecule has 0 rings (SSSR count). The highest BCUT2D eigenvalue weighted by Crippen LogP contribution is 2.14. The SMILES string of the molecule is CCCC[C@H](CC)COC(=O)[C@@H](C)CCC. The molecule has 2 atom stereocenters. The van der Waals surface area contributed by atoms with E-state index in [0.717, 1.165) is 19.3 Å². The van der Waals surface area contributed by atoms with Crippen molar-refractivity contribution in [3.63, 3.8) is 0 Å². The number of hydrogen-bond donors (Lipinski definition) is 0. The minimum absolute atomic E-state index is 0.0169. The molecule has 16 heavy (non-hydrogen) atoms. The molecule has 0 aromatic heterocycles. The number of ether oxygens (including phenoxy) is 1. The van der Waals surface area contributed by atoms with Crippen molar-refractivity contribution in [3.8, 4) is 0 Å². The van der Waals surface area contributed by atoms with Gasteiger partial charge in [-0.25, -0.2) is 0 Å². The molecule has 2 heteroatoms. The van der Waals surface area contributed by atoms with Gasteiger partial charge in [0.05, 0.1) is 12.5 Å². The lowest BCUT2D eigenvalue weighted by Gasteiger charge is -2.16. The minimum Gasteiger partial charge on any atom is -0.465 e. The minimum atomic E-state index is -0.0169. The monoisotopic (exact) mass is 228 g/mol. The van der Waals surface area contributed by atoms with Gasteiger partial charge in [-0.15, -0.1) is 0 Å². The van der Waals surface area contributed by atoms with Crippen LogP contribution in [-0.4, -0.2) is 12.6 Å². The molecule has 0 heterocycles. The van der Waals surface area contributed by atoms with Gasteiger partial charge in [-0.2, -0.15) is 0 Å². The van der Waals surface area contributed by atoms with E-state index in [1.54, 1.807) is 0 Å². The molecule has 0 saturated carbocycles. The fourth-order valence-electron chi connectivity index (χ4n) is 1.79. The van der Waals surface area contributed by atoms with E-state index in [1.807, 2.05) is 6.92 Å². The third kappa shape index (κ3) is 6.86. The quantitative estimate of drug-likeness (QED) is 0.553. The molecule has 2 nitrogen and oxygen atoms in total. The summed E-state index contributed by atoms with van der Waals surface area (Å²) < 4.78 is 5.37. The molecule has 0 aromatic rings. The molecule has 96 valence electrons. The lowest BCUT2D eigenvalue weighted by atomic mass is 10.0. The number of carbonyl (C=O) groups excluding carboxylic acids is 1. The zero-order chi connectivity index (χ0) is 12.4. The summed E-state index contributed by atoms with van der Waals surface area (Å²) in [7, 11) is 0. The van der Waals surface area contributed by atoms with E-state index in [-0.39, 0.29) is 11.9 Å². The van der Waals surface area contributed by atoms with Crippen molar-refractivity contribution in [3.05, 3.63) is 0 Å². The summed E-state index contributed by atoms with van der Waals surface area (Å²) in [5.74, 6) is 0.600. The van der Waals surface area contributed by atoms with E-state index in [1.165, 1.54) is 19.3 Å². The Labute approximate surface area is 101 Å². The first kappa shape index (κ1) is 15.5. The van der Waals surface area contributed by atoms with Crippen LogP contribution in [0.5, 0.6) is 0 Å². The Morgan fingerprint density at radius 1 is 1.12 bits per heavy atom. The summed E-state index contributed by atoms with van der Waals surface area (Å²) >= 11 is 0. The van der Waals surface area contributed by atoms with Crippen LogP contribution in [-0.2, 0) is 9.53 Å². The molecule has 0 bridgehead atoms. The topological polar surface area (TPSA) is 26.3 Å². The molecule has 0 unspecified atom stereocenters. The van der Waals surface area contributed by atoms with Crippen molar-refractivity contribution in [2.75, 3.05) is 6.61 Å². The molecule has 0 saturated heterocycles. The largest absolute Gasteiger partial charge is 0.465 e. The summed E-state index contributed by atoms with van der Waals surface area (Å²) in [5, 5.41) is 0. The Bertz CT molecular complexity index is 178. The van der Waals surface area contributed by atoms with Gasteiger partial charge in [0.25, 0.3) is 0 Å². The van der Waals surface area contributed by atoms with Crippen molar-refractivity contribution in [1.29, 1.82) is 0 Å². The molecular weight excluding hydrogens is 200 g/mol. The summed E-state index contributed by atoms with van der Waals surface area (Å²) in [6.07, 6.45) is 6.73. The van der Waals surface area contributed by atoms with Gasteiger partial charge in [0.15, 0.2) is 0 Å². The van der Waals surface area contributed by atoms with Gasteiger partial charge in [-0.3, -0.25) is 4.79 Å². The number of esters is 1. The first-order chi connectivity index (χ1) is 7.65. The van der Waals surface area contributed by atoms with Crippen molar-refractivity contribution >= 4 is 5.97 Å². The zero-order valence-corrected chi connectivity index (χ0v) is 11.4. The van der Waals surface area contributed by atoms with Crippen LogP contribution in [0, 0.1) is 11.8 Å². The molecule has 0 aliphatic carbocycles. The van der Waals surface area contributed by atoms with E-state index < -0.39 is 0 Å². The highest BCUT2D eigenvalue weighted by molar-refractivity contribution is 5.71. The standard InChI is InChI=1S/C14H28O2/c1-5-8-10-13(7-3)11-16-14(15)12(4)9-6-2/h12-13H,5-11H2,1-4H3/t12-,13-/m0/s1. The average Bonchev–Trinajstić information content (AvgIpc) is 2.29. The smallest absolute Gasteiger partial charge is 0.308 e. The van der Waals surface area contributed by atoms with Crippen LogP contribution in [0.3, 0.4) is 0 Å². The highest BCUT2D eigenvalue weighted by atomic mass is 16.5. The van der Waals surface area contributed by atoms with Crippen LogP contribution in [0.1, 0.15) is 66.2 Å². The molecule has 0 amide bonds. The van der Waals surface area contributed by atoms with Crippen LogP contribution in [0.25, 0.3) is 0 Å². The number of unbranched alkanes of at least 4 members (excludes halogenated alkanes) is 1. The summed E-state index contributed by atoms with van der Waals surface area (Å²) in [4.78, 5) is 11.6. The predicted octanol–water partition coefficient (Wildman–Crippen LogP) is 4.18. The number of carbonyl (C=O) groups is 1. The lowest BCUT2D eigenvalue weighted by Crippen LogP contribution is -2.19. The van der Waals surface area contributed by atoms with E-state index in [4.69, 9.17) is 4.74 Å². The Hall–Kier alpha value is -0.530. The Morgan fingerprint density at radius 3 is 2.31 bits per heavy atom. The van der Waals surface area contributed by atoms with Crippen molar-refractivity contribution in [1.82, 2.24) is 0 Å². The normalized spacial score (nSPS) is 14.5. The van der Waals surface area contributed by atoms with E-state index in [0.29, 0.717) is 12.5 Å². The Balaban J connectivity index is 3.78. The van der Waals surface area contributed by atoms with Crippen LogP contribution < -0.4 is 0 Å². The molecule has 0 aliphatic heterocycles. The molecule has 0 N–H and O–H groups in total. The second-order valence-electron chi connectivity index (χ2n) is 4.74. The van der Waals surface area contributed by atoms with Gasteiger partial charge >= 0.3 is 5.97 Å². The Kier molecular flexibility index (Phi) is 9.36. The second-order valence-corrected chi connectivity index (χ2v) is 4.74. The molecular formula is C14H28O2. The van der Waals surface area contributed by atoms with Crippen LogP contribution in [0.4, 0.5) is 0 Å². The predicted molar refractivity (Wildman–Crippen MR) is 68.3 cm³/mol. The molecule has 0 spiro atoms. The summed E-state index contributed by atoms with van der Waals surface area (Å²) in [6, 6.07) is 0. The number of hydrogen-bond acceptors (Lipinski definition) is 2. The molecule has 0 aliphatic rings. The third-order valence-corrected chi connectivity index (χ3v) is 3.13.